The van der Waals surface area contributed by atoms with Gasteiger partial charge in [0.15, 0.2) is 0 Å². The van der Waals surface area contributed by atoms with Crippen LogP contribution in [0.5, 0.6) is 0 Å². The topological polar surface area (TPSA) is 54.5 Å². The molecule has 1 N–H and O–H groups in total. The van der Waals surface area contributed by atoms with E-state index in [2.05, 4.69) is 17.2 Å². The van der Waals surface area contributed by atoms with E-state index >= 15 is 0 Å². The number of amides is 1. The zero-order valence-corrected chi connectivity index (χ0v) is 15.6. The van der Waals surface area contributed by atoms with Crippen LogP contribution in [0.15, 0.2) is 48.7 Å². The predicted molar refractivity (Wildman–Crippen MR) is 100 cm³/mol. The summed E-state index contributed by atoms with van der Waals surface area (Å²) in [7, 11) is 1.74. The maximum absolute atomic E-state index is 12.1. The van der Waals surface area contributed by atoms with Crippen LogP contribution >= 0.6 is 0 Å². The van der Waals surface area contributed by atoms with E-state index < -0.39 is 5.60 Å². The highest BCUT2D eigenvalue weighted by Crippen LogP contribution is 2.19. The van der Waals surface area contributed by atoms with Gasteiger partial charge < -0.3 is 15.0 Å². The second-order valence-corrected chi connectivity index (χ2v) is 7.16. The van der Waals surface area contributed by atoms with Gasteiger partial charge in [0.05, 0.1) is 11.7 Å². The third-order valence-electron chi connectivity index (χ3n) is 3.57. The van der Waals surface area contributed by atoms with Crippen LogP contribution < -0.4 is 5.32 Å². The van der Waals surface area contributed by atoms with Crippen molar-refractivity contribution in [2.24, 2.45) is 0 Å². The van der Waals surface area contributed by atoms with Gasteiger partial charge in [0, 0.05) is 25.5 Å². The average molecular weight is 341 g/mol. The van der Waals surface area contributed by atoms with Gasteiger partial charge >= 0.3 is 6.09 Å². The highest BCUT2D eigenvalue weighted by atomic mass is 16.6. The first-order valence-electron chi connectivity index (χ1n) is 8.45. The molecule has 0 radical (unpaired) electrons. The Morgan fingerprint density at radius 2 is 2.00 bits per heavy atom. The van der Waals surface area contributed by atoms with E-state index in [9.17, 15) is 4.79 Å². The van der Waals surface area contributed by atoms with Crippen LogP contribution in [0, 0.1) is 0 Å². The summed E-state index contributed by atoms with van der Waals surface area (Å²) in [5.41, 5.74) is 2.52. The zero-order chi connectivity index (χ0) is 18.4. The van der Waals surface area contributed by atoms with Crippen LogP contribution in [0.2, 0.25) is 0 Å². The summed E-state index contributed by atoms with van der Waals surface area (Å²) < 4.78 is 5.39. The number of nitrogens with zero attached hydrogens (tertiary/aromatic N) is 2. The summed E-state index contributed by atoms with van der Waals surface area (Å²) in [6.07, 6.45) is 1.47. The molecular formula is C20H27N3O2. The molecule has 0 spiro atoms. The van der Waals surface area contributed by atoms with Crippen molar-refractivity contribution in [3.8, 4) is 0 Å². The van der Waals surface area contributed by atoms with Gasteiger partial charge in [0.2, 0.25) is 0 Å². The molecule has 5 heteroatoms. The van der Waals surface area contributed by atoms with Gasteiger partial charge in [-0.2, -0.15) is 0 Å². The van der Waals surface area contributed by atoms with Crippen LogP contribution in [-0.4, -0.2) is 28.6 Å². The Labute approximate surface area is 150 Å². The predicted octanol–water partition coefficient (Wildman–Crippen LogP) is 4.62. The molecule has 1 heterocycles. The lowest BCUT2D eigenvalue weighted by Crippen LogP contribution is -2.33. The van der Waals surface area contributed by atoms with Crippen molar-refractivity contribution in [1.82, 2.24) is 9.88 Å². The monoisotopic (exact) mass is 341 g/mol. The van der Waals surface area contributed by atoms with Crippen molar-refractivity contribution < 1.29 is 9.53 Å². The Balaban J connectivity index is 2.00. The highest BCUT2D eigenvalue weighted by molar-refractivity contribution is 5.67. The summed E-state index contributed by atoms with van der Waals surface area (Å²) >= 11 is 0. The largest absolute Gasteiger partial charge is 0.444 e. The van der Waals surface area contributed by atoms with Crippen LogP contribution in [-0.2, 0) is 11.3 Å². The molecule has 1 aromatic heterocycles. The van der Waals surface area contributed by atoms with Crippen molar-refractivity contribution in [2.75, 3.05) is 12.4 Å². The smallest absolute Gasteiger partial charge is 0.410 e. The van der Waals surface area contributed by atoms with Gasteiger partial charge in [-0.25, -0.2) is 4.79 Å². The van der Waals surface area contributed by atoms with Crippen LogP contribution in [0.4, 0.5) is 10.5 Å². The minimum absolute atomic E-state index is 0.0973. The normalized spacial score (nSPS) is 12.4. The molecule has 0 bridgehead atoms. The van der Waals surface area contributed by atoms with Crippen molar-refractivity contribution in [3.05, 3.63) is 59.9 Å². The average Bonchev–Trinajstić information content (AvgIpc) is 2.54. The van der Waals surface area contributed by atoms with Gasteiger partial charge in [-0.15, -0.1) is 0 Å². The highest BCUT2D eigenvalue weighted by Gasteiger charge is 2.19. The summed E-state index contributed by atoms with van der Waals surface area (Å²) in [5.74, 6) is 0. The van der Waals surface area contributed by atoms with E-state index in [4.69, 9.17) is 4.74 Å². The van der Waals surface area contributed by atoms with Crippen LogP contribution in [0.3, 0.4) is 0 Å². The third kappa shape index (κ3) is 6.10. The molecule has 5 nitrogen and oxygen atoms in total. The van der Waals surface area contributed by atoms with Crippen LogP contribution in [0.25, 0.3) is 0 Å². The summed E-state index contributed by atoms with van der Waals surface area (Å²) in [4.78, 5) is 18.0. The van der Waals surface area contributed by atoms with Gasteiger partial charge in [0.1, 0.15) is 5.60 Å². The van der Waals surface area contributed by atoms with Crippen molar-refractivity contribution in [1.29, 1.82) is 0 Å². The number of hydrogen-bond acceptors (Lipinski definition) is 4. The molecule has 2 aromatic rings. The number of ether oxygens (including phenoxy) is 1. The molecule has 0 aliphatic heterocycles. The summed E-state index contributed by atoms with van der Waals surface area (Å²) in [5, 5.41) is 3.44. The van der Waals surface area contributed by atoms with Gasteiger partial charge in [-0.1, -0.05) is 18.2 Å². The maximum Gasteiger partial charge on any atom is 0.410 e. The number of rotatable bonds is 5. The zero-order valence-electron chi connectivity index (χ0n) is 15.6. The second-order valence-electron chi connectivity index (χ2n) is 7.16. The molecule has 134 valence electrons. The fourth-order valence-corrected chi connectivity index (χ4v) is 2.39. The van der Waals surface area contributed by atoms with E-state index in [1.165, 1.54) is 0 Å². The van der Waals surface area contributed by atoms with Gasteiger partial charge in [-0.3, -0.25) is 4.98 Å². The first kappa shape index (κ1) is 18.8. The van der Waals surface area contributed by atoms with E-state index in [0.717, 1.165) is 16.9 Å². The molecule has 1 aromatic carbocycles. The molecule has 1 atom stereocenters. The molecule has 0 aliphatic rings. The number of benzene rings is 1. The fourth-order valence-electron chi connectivity index (χ4n) is 2.39. The van der Waals surface area contributed by atoms with E-state index in [-0.39, 0.29) is 12.1 Å². The SMILES string of the molecule is CC(Nc1cccc(CN(C)C(=O)OC(C)(C)C)c1)c1ccccn1. The first-order chi connectivity index (χ1) is 11.7. The molecule has 1 unspecified atom stereocenters. The molecule has 0 saturated heterocycles. The lowest BCUT2D eigenvalue weighted by Gasteiger charge is -2.25. The van der Waals surface area contributed by atoms with E-state index in [0.29, 0.717) is 6.54 Å². The summed E-state index contributed by atoms with van der Waals surface area (Å²) in [6.45, 7) is 8.15. The fraction of sp³-hybridized carbons (Fsp3) is 0.400. The third-order valence-corrected chi connectivity index (χ3v) is 3.57. The number of nitrogens with one attached hydrogen (secondary N) is 1. The standard InChI is InChI=1S/C20H27N3O2/c1-15(18-11-6-7-12-21-18)22-17-10-8-9-16(13-17)14-23(5)19(24)25-20(2,3)4/h6-13,15,22H,14H2,1-5H3. The maximum atomic E-state index is 12.1. The lowest BCUT2D eigenvalue weighted by atomic mass is 10.1. The van der Waals surface area contributed by atoms with Gasteiger partial charge in [0.25, 0.3) is 0 Å². The quantitative estimate of drug-likeness (QED) is 0.862. The number of pyridine rings is 1. The Morgan fingerprint density at radius 3 is 2.64 bits per heavy atom. The molecule has 0 fully saturated rings. The number of carbonyl (C=O) groups excluding carboxylic acids is 1. The van der Waals surface area contributed by atoms with Crippen molar-refractivity contribution >= 4 is 11.8 Å². The van der Waals surface area contributed by atoms with Crippen LogP contribution in [0.1, 0.15) is 45.0 Å². The Morgan fingerprint density at radius 1 is 1.24 bits per heavy atom. The molecule has 0 saturated carbocycles. The number of carbonyl (C=O) groups is 1. The Kier molecular flexibility index (Phi) is 6.02. The van der Waals surface area contributed by atoms with E-state index in [1.54, 1.807) is 18.1 Å². The lowest BCUT2D eigenvalue weighted by molar-refractivity contribution is 0.0285. The Bertz CT molecular complexity index is 696. The van der Waals surface area contributed by atoms with Gasteiger partial charge in [-0.05, 0) is 57.5 Å². The van der Waals surface area contributed by atoms with Crippen molar-refractivity contribution in [2.45, 2.75) is 45.9 Å². The number of hydrogen-bond donors (Lipinski definition) is 1. The second kappa shape index (κ2) is 8.01. The summed E-state index contributed by atoms with van der Waals surface area (Å²) in [6, 6.07) is 14.0. The number of aromatic nitrogens is 1. The molecular weight excluding hydrogens is 314 g/mol. The first-order valence-corrected chi connectivity index (χ1v) is 8.45. The molecule has 25 heavy (non-hydrogen) atoms. The van der Waals surface area contributed by atoms with Crippen molar-refractivity contribution in [3.63, 3.8) is 0 Å². The molecule has 2 rings (SSSR count). The molecule has 1 amide bonds. The Hall–Kier alpha value is -2.56. The minimum atomic E-state index is -0.493. The molecule has 0 aliphatic carbocycles. The minimum Gasteiger partial charge on any atom is -0.444 e. The number of anilines is 1. The van der Waals surface area contributed by atoms with E-state index in [1.807, 2.05) is 63.2 Å².